The van der Waals surface area contributed by atoms with Crippen molar-refractivity contribution in [1.29, 1.82) is 0 Å². The number of hydrogen-bond donors (Lipinski definition) is 1. The molecule has 1 fully saturated rings. The van der Waals surface area contributed by atoms with Crippen LogP contribution in [0.2, 0.25) is 0 Å². The van der Waals surface area contributed by atoms with E-state index < -0.39 is 11.2 Å². The van der Waals surface area contributed by atoms with Crippen LogP contribution in [0.4, 0.5) is 4.39 Å². The Morgan fingerprint density at radius 3 is 2.67 bits per heavy atom. The lowest BCUT2D eigenvalue weighted by Gasteiger charge is -2.26. The number of aromatic nitrogens is 4. The van der Waals surface area contributed by atoms with E-state index in [0.29, 0.717) is 36.8 Å². The molecule has 142 valence electrons. The molecule has 1 saturated heterocycles. The van der Waals surface area contributed by atoms with Crippen LogP contribution in [0.15, 0.2) is 33.9 Å². The average molecular weight is 373 g/mol. The van der Waals surface area contributed by atoms with Crippen LogP contribution in [0.3, 0.4) is 0 Å². The molecule has 4 rings (SSSR count). The quantitative estimate of drug-likeness (QED) is 0.718. The van der Waals surface area contributed by atoms with E-state index in [1.165, 1.54) is 10.6 Å². The maximum Gasteiger partial charge on any atom is 0.329 e. The minimum absolute atomic E-state index is 0.157. The lowest BCUT2D eigenvalue weighted by molar-refractivity contribution is 0.0327. The molecule has 0 aliphatic carbocycles. The van der Waals surface area contributed by atoms with Gasteiger partial charge < -0.3 is 9.30 Å². The molecule has 27 heavy (non-hydrogen) atoms. The van der Waals surface area contributed by atoms with Gasteiger partial charge in [0, 0.05) is 25.7 Å². The number of H-pyrrole nitrogens is 1. The van der Waals surface area contributed by atoms with Gasteiger partial charge in [0.25, 0.3) is 5.56 Å². The maximum absolute atomic E-state index is 14.2. The van der Waals surface area contributed by atoms with Crippen molar-refractivity contribution >= 4 is 11.2 Å². The van der Waals surface area contributed by atoms with Gasteiger partial charge in [0.15, 0.2) is 11.2 Å². The fraction of sp³-hybridized carbons (Fsp3) is 0.389. The summed E-state index contributed by atoms with van der Waals surface area (Å²) in [5.41, 5.74) is -0.0358. The summed E-state index contributed by atoms with van der Waals surface area (Å²) >= 11 is 0. The second kappa shape index (κ2) is 7.09. The fourth-order valence-electron chi connectivity index (χ4n) is 3.33. The Morgan fingerprint density at radius 2 is 1.93 bits per heavy atom. The van der Waals surface area contributed by atoms with Gasteiger partial charge in [-0.3, -0.25) is 19.2 Å². The summed E-state index contributed by atoms with van der Waals surface area (Å²) in [5, 5.41) is 0. The second-order valence-corrected chi connectivity index (χ2v) is 6.58. The van der Waals surface area contributed by atoms with E-state index in [0.717, 1.165) is 13.1 Å². The van der Waals surface area contributed by atoms with E-state index in [9.17, 15) is 14.0 Å². The Morgan fingerprint density at radius 1 is 1.19 bits per heavy atom. The van der Waals surface area contributed by atoms with Gasteiger partial charge in [0.1, 0.15) is 11.6 Å². The van der Waals surface area contributed by atoms with Crippen LogP contribution in [0, 0.1) is 5.82 Å². The van der Waals surface area contributed by atoms with Crippen LogP contribution in [0.5, 0.6) is 0 Å². The number of rotatable bonds is 4. The summed E-state index contributed by atoms with van der Waals surface area (Å²) < 4.78 is 22.6. The first-order valence-corrected chi connectivity index (χ1v) is 8.76. The van der Waals surface area contributed by atoms with E-state index in [1.54, 1.807) is 29.8 Å². The first-order valence-electron chi connectivity index (χ1n) is 8.76. The van der Waals surface area contributed by atoms with Gasteiger partial charge in [0.05, 0.1) is 26.3 Å². The highest BCUT2D eigenvalue weighted by atomic mass is 19.1. The third kappa shape index (κ3) is 3.31. The molecule has 0 atom stereocenters. The first kappa shape index (κ1) is 17.6. The van der Waals surface area contributed by atoms with Gasteiger partial charge in [-0.2, -0.15) is 0 Å². The zero-order valence-corrected chi connectivity index (χ0v) is 14.9. The van der Waals surface area contributed by atoms with Gasteiger partial charge in [-0.1, -0.05) is 18.2 Å². The van der Waals surface area contributed by atoms with Crippen molar-refractivity contribution in [2.45, 2.75) is 13.1 Å². The van der Waals surface area contributed by atoms with Crippen molar-refractivity contribution in [3.05, 3.63) is 62.3 Å². The Labute approximate surface area is 153 Å². The largest absolute Gasteiger partial charge is 0.379 e. The molecule has 1 aliphatic rings. The van der Waals surface area contributed by atoms with Crippen LogP contribution in [-0.4, -0.2) is 50.3 Å². The number of ether oxygens (including phenoxy) is 1. The summed E-state index contributed by atoms with van der Waals surface area (Å²) in [4.78, 5) is 33.5. The number of imidazole rings is 1. The summed E-state index contributed by atoms with van der Waals surface area (Å²) in [6.07, 6.45) is 0. The number of aryl methyl sites for hydroxylation is 1. The highest BCUT2D eigenvalue weighted by Crippen LogP contribution is 2.17. The Kier molecular flexibility index (Phi) is 4.63. The molecule has 1 N–H and O–H groups in total. The lowest BCUT2D eigenvalue weighted by atomic mass is 10.2. The SMILES string of the molecule is Cn1c(=O)[nH]c(=O)c2c1nc(CN1CCOCC1)n2Cc1ccccc1F. The number of halogens is 1. The van der Waals surface area contributed by atoms with E-state index in [-0.39, 0.29) is 17.9 Å². The summed E-state index contributed by atoms with van der Waals surface area (Å²) in [5.74, 6) is 0.264. The van der Waals surface area contributed by atoms with Gasteiger partial charge in [-0.25, -0.2) is 14.2 Å². The average Bonchev–Trinajstić information content (AvgIpc) is 3.01. The van der Waals surface area contributed by atoms with Crippen molar-refractivity contribution in [2.24, 2.45) is 7.05 Å². The molecule has 1 aliphatic heterocycles. The molecule has 0 amide bonds. The smallest absolute Gasteiger partial charge is 0.329 e. The first-order chi connectivity index (χ1) is 13.0. The Balaban J connectivity index is 1.86. The van der Waals surface area contributed by atoms with Crippen molar-refractivity contribution in [3.63, 3.8) is 0 Å². The number of fused-ring (bicyclic) bond motifs is 1. The molecule has 0 saturated carbocycles. The number of nitrogens with zero attached hydrogens (tertiary/aromatic N) is 4. The minimum atomic E-state index is -0.527. The van der Waals surface area contributed by atoms with Crippen molar-refractivity contribution in [1.82, 2.24) is 24.0 Å². The molecule has 3 heterocycles. The molecule has 8 nitrogen and oxygen atoms in total. The normalized spacial score (nSPS) is 15.5. The summed E-state index contributed by atoms with van der Waals surface area (Å²) in [7, 11) is 1.56. The number of benzene rings is 1. The Bertz CT molecular complexity index is 1090. The molecule has 3 aromatic rings. The Hall–Kier alpha value is -2.78. The third-order valence-corrected chi connectivity index (χ3v) is 4.84. The molecule has 0 spiro atoms. The molecule has 2 aromatic heterocycles. The minimum Gasteiger partial charge on any atom is -0.379 e. The van der Waals surface area contributed by atoms with Crippen LogP contribution >= 0.6 is 0 Å². The van der Waals surface area contributed by atoms with Crippen molar-refractivity contribution in [3.8, 4) is 0 Å². The highest BCUT2D eigenvalue weighted by Gasteiger charge is 2.21. The molecular weight excluding hydrogens is 353 g/mol. The lowest BCUT2D eigenvalue weighted by Crippen LogP contribution is -2.36. The van der Waals surface area contributed by atoms with E-state index >= 15 is 0 Å². The van der Waals surface area contributed by atoms with Gasteiger partial charge in [-0.15, -0.1) is 0 Å². The molecule has 0 bridgehead atoms. The number of nitrogens with one attached hydrogen (secondary N) is 1. The van der Waals surface area contributed by atoms with Crippen LogP contribution in [0.25, 0.3) is 11.2 Å². The van der Waals surface area contributed by atoms with Gasteiger partial charge in [0.2, 0.25) is 0 Å². The zero-order chi connectivity index (χ0) is 19.0. The predicted molar refractivity (Wildman–Crippen MR) is 97.2 cm³/mol. The van der Waals surface area contributed by atoms with Crippen LogP contribution < -0.4 is 11.2 Å². The predicted octanol–water partition coefficient (Wildman–Crippen LogP) is 0.443. The van der Waals surface area contributed by atoms with Gasteiger partial charge >= 0.3 is 5.69 Å². The van der Waals surface area contributed by atoms with E-state index in [2.05, 4.69) is 14.9 Å². The molecule has 0 unspecified atom stereocenters. The molecule has 9 heteroatoms. The number of aromatic amines is 1. The maximum atomic E-state index is 14.2. The standard InChI is InChI=1S/C18H20FN5O3/c1-22-16-15(17(25)21-18(22)26)24(10-12-4-2-3-5-13(12)19)14(20-16)11-23-6-8-27-9-7-23/h2-5H,6-11H2,1H3,(H,21,25,26). The van der Waals surface area contributed by atoms with Crippen LogP contribution in [-0.2, 0) is 24.9 Å². The second-order valence-electron chi connectivity index (χ2n) is 6.58. The molecule has 0 radical (unpaired) electrons. The topological polar surface area (TPSA) is 85.2 Å². The summed E-state index contributed by atoms with van der Waals surface area (Å²) in [6, 6.07) is 6.43. The monoisotopic (exact) mass is 373 g/mol. The molecule has 1 aromatic carbocycles. The van der Waals surface area contributed by atoms with E-state index in [4.69, 9.17) is 4.74 Å². The van der Waals surface area contributed by atoms with E-state index in [1.807, 2.05) is 0 Å². The van der Waals surface area contributed by atoms with Crippen LogP contribution in [0.1, 0.15) is 11.4 Å². The fourth-order valence-corrected chi connectivity index (χ4v) is 3.33. The number of hydrogen-bond acceptors (Lipinski definition) is 5. The van der Waals surface area contributed by atoms with Crippen molar-refractivity contribution < 1.29 is 9.13 Å². The molecular formula is C18H20FN5O3. The zero-order valence-electron chi connectivity index (χ0n) is 14.9. The third-order valence-electron chi connectivity index (χ3n) is 4.84. The number of morpholine rings is 1. The summed E-state index contributed by atoms with van der Waals surface area (Å²) in [6.45, 7) is 3.40. The van der Waals surface area contributed by atoms with Crippen molar-refractivity contribution in [2.75, 3.05) is 26.3 Å². The van der Waals surface area contributed by atoms with Gasteiger partial charge in [-0.05, 0) is 6.07 Å². The highest BCUT2D eigenvalue weighted by molar-refractivity contribution is 5.71.